The molecule has 2 aromatic rings. The van der Waals surface area contributed by atoms with E-state index >= 15 is 0 Å². The van der Waals surface area contributed by atoms with E-state index in [0.717, 1.165) is 0 Å². The number of carbonyl (C=O) groups is 2. The summed E-state index contributed by atoms with van der Waals surface area (Å²) in [6.45, 7) is 1.41. The quantitative estimate of drug-likeness (QED) is 0.906. The minimum atomic E-state index is -0.285. The SMILES string of the molecule is CC(=O)Nc1cccc(C(=O)Nc2ccc(C#N)cc2)c1. The number of nitrogens with one attached hydrogen (secondary N) is 2. The Kier molecular flexibility index (Phi) is 4.32. The smallest absolute Gasteiger partial charge is 0.255 e. The average Bonchev–Trinajstić information content (AvgIpc) is 2.47. The topological polar surface area (TPSA) is 82.0 Å². The van der Waals surface area contributed by atoms with E-state index in [0.29, 0.717) is 22.5 Å². The maximum absolute atomic E-state index is 12.1. The van der Waals surface area contributed by atoms with Crippen molar-refractivity contribution in [1.82, 2.24) is 0 Å². The Hall–Kier alpha value is -3.13. The van der Waals surface area contributed by atoms with Crippen molar-refractivity contribution >= 4 is 23.2 Å². The lowest BCUT2D eigenvalue weighted by molar-refractivity contribution is -0.114. The number of carbonyl (C=O) groups excluding carboxylic acids is 2. The molecule has 0 radical (unpaired) electrons. The molecule has 0 saturated carbocycles. The molecule has 0 aromatic heterocycles. The van der Waals surface area contributed by atoms with Crippen molar-refractivity contribution in [3.8, 4) is 6.07 Å². The summed E-state index contributed by atoms with van der Waals surface area (Å²) < 4.78 is 0. The van der Waals surface area contributed by atoms with Gasteiger partial charge in [-0.05, 0) is 42.5 Å². The third kappa shape index (κ3) is 3.91. The summed E-state index contributed by atoms with van der Waals surface area (Å²) in [7, 11) is 0. The van der Waals surface area contributed by atoms with Crippen LogP contribution in [0, 0.1) is 11.3 Å². The Balaban J connectivity index is 2.12. The van der Waals surface area contributed by atoms with Crippen molar-refractivity contribution in [2.75, 3.05) is 10.6 Å². The summed E-state index contributed by atoms with van der Waals surface area (Å²) in [5.74, 6) is -0.480. The van der Waals surface area contributed by atoms with Crippen LogP contribution in [0.4, 0.5) is 11.4 Å². The lowest BCUT2D eigenvalue weighted by atomic mass is 10.1. The van der Waals surface area contributed by atoms with Gasteiger partial charge in [-0.2, -0.15) is 5.26 Å². The molecule has 0 aliphatic carbocycles. The molecule has 5 nitrogen and oxygen atoms in total. The fourth-order valence-corrected chi connectivity index (χ4v) is 1.77. The van der Waals surface area contributed by atoms with Crippen LogP contribution in [0.2, 0.25) is 0 Å². The molecule has 21 heavy (non-hydrogen) atoms. The predicted octanol–water partition coefficient (Wildman–Crippen LogP) is 2.77. The second kappa shape index (κ2) is 6.35. The van der Waals surface area contributed by atoms with E-state index in [9.17, 15) is 9.59 Å². The number of nitrogens with zero attached hydrogens (tertiary/aromatic N) is 1. The third-order valence-corrected chi connectivity index (χ3v) is 2.72. The van der Waals surface area contributed by atoms with Gasteiger partial charge in [0.05, 0.1) is 11.6 Å². The lowest BCUT2D eigenvalue weighted by Gasteiger charge is -2.07. The van der Waals surface area contributed by atoms with Gasteiger partial charge in [-0.25, -0.2) is 0 Å². The van der Waals surface area contributed by atoms with Crippen LogP contribution in [0.1, 0.15) is 22.8 Å². The van der Waals surface area contributed by atoms with E-state index in [4.69, 9.17) is 5.26 Å². The van der Waals surface area contributed by atoms with Gasteiger partial charge in [0.1, 0.15) is 0 Å². The monoisotopic (exact) mass is 279 g/mol. The molecule has 2 N–H and O–H groups in total. The zero-order valence-corrected chi connectivity index (χ0v) is 11.4. The van der Waals surface area contributed by atoms with Crippen LogP contribution in [0.5, 0.6) is 0 Å². The van der Waals surface area contributed by atoms with Gasteiger partial charge in [0.15, 0.2) is 0 Å². The van der Waals surface area contributed by atoms with Gasteiger partial charge in [0, 0.05) is 23.9 Å². The van der Waals surface area contributed by atoms with Crippen molar-refractivity contribution < 1.29 is 9.59 Å². The van der Waals surface area contributed by atoms with E-state index in [1.165, 1.54) is 6.92 Å². The Labute approximate surface area is 122 Å². The van der Waals surface area contributed by atoms with Crippen LogP contribution in [0.3, 0.4) is 0 Å². The van der Waals surface area contributed by atoms with E-state index in [1.807, 2.05) is 6.07 Å². The van der Waals surface area contributed by atoms with Crippen LogP contribution in [0.25, 0.3) is 0 Å². The molecule has 2 aromatic carbocycles. The van der Waals surface area contributed by atoms with Crippen LogP contribution in [0.15, 0.2) is 48.5 Å². The number of hydrogen-bond acceptors (Lipinski definition) is 3. The van der Waals surface area contributed by atoms with E-state index in [2.05, 4.69) is 10.6 Å². The Morgan fingerprint density at radius 3 is 2.33 bits per heavy atom. The van der Waals surface area contributed by atoms with Crippen LogP contribution in [-0.2, 0) is 4.79 Å². The van der Waals surface area contributed by atoms with E-state index < -0.39 is 0 Å². The number of hydrogen-bond donors (Lipinski definition) is 2. The normalized spacial score (nSPS) is 9.52. The number of anilines is 2. The molecule has 0 atom stereocenters. The number of nitriles is 1. The van der Waals surface area contributed by atoms with E-state index in [-0.39, 0.29) is 11.8 Å². The standard InChI is InChI=1S/C16H13N3O2/c1-11(20)18-15-4-2-3-13(9-15)16(21)19-14-7-5-12(10-17)6-8-14/h2-9H,1H3,(H,18,20)(H,19,21). The molecule has 0 aliphatic rings. The first-order valence-corrected chi connectivity index (χ1v) is 6.27. The van der Waals surface area contributed by atoms with Gasteiger partial charge in [-0.15, -0.1) is 0 Å². The Morgan fingerprint density at radius 1 is 1.00 bits per heavy atom. The fraction of sp³-hybridized carbons (Fsp3) is 0.0625. The van der Waals surface area contributed by atoms with Gasteiger partial charge in [0.2, 0.25) is 5.91 Å². The third-order valence-electron chi connectivity index (χ3n) is 2.72. The maximum Gasteiger partial charge on any atom is 0.255 e. The highest BCUT2D eigenvalue weighted by molar-refractivity contribution is 6.05. The van der Waals surface area contributed by atoms with Crippen molar-refractivity contribution in [3.05, 3.63) is 59.7 Å². The van der Waals surface area contributed by atoms with Crippen molar-refractivity contribution in [2.45, 2.75) is 6.92 Å². The summed E-state index contributed by atoms with van der Waals surface area (Å²) in [6, 6.07) is 15.2. The summed E-state index contributed by atoms with van der Waals surface area (Å²) in [5.41, 5.74) is 2.13. The van der Waals surface area contributed by atoms with Gasteiger partial charge in [-0.3, -0.25) is 9.59 Å². The summed E-state index contributed by atoms with van der Waals surface area (Å²) in [5, 5.41) is 14.1. The Morgan fingerprint density at radius 2 is 1.71 bits per heavy atom. The number of rotatable bonds is 3. The van der Waals surface area contributed by atoms with Crippen LogP contribution < -0.4 is 10.6 Å². The largest absolute Gasteiger partial charge is 0.326 e. The molecular weight excluding hydrogens is 266 g/mol. The van der Waals surface area contributed by atoms with Crippen molar-refractivity contribution in [1.29, 1.82) is 5.26 Å². The van der Waals surface area contributed by atoms with Crippen LogP contribution in [-0.4, -0.2) is 11.8 Å². The number of amides is 2. The molecule has 5 heteroatoms. The van der Waals surface area contributed by atoms with Gasteiger partial charge in [-0.1, -0.05) is 6.07 Å². The molecule has 0 saturated heterocycles. The summed E-state index contributed by atoms with van der Waals surface area (Å²) in [6.07, 6.45) is 0. The molecule has 0 aliphatic heterocycles. The fourth-order valence-electron chi connectivity index (χ4n) is 1.77. The minimum Gasteiger partial charge on any atom is -0.326 e. The maximum atomic E-state index is 12.1. The molecule has 0 spiro atoms. The summed E-state index contributed by atoms with van der Waals surface area (Å²) >= 11 is 0. The first-order valence-electron chi connectivity index (χ1n) is 6.27. The molecule has 0 heterocycles. The molecular formula is C16H13N3O2. The van der Waals surface area contributed by atoms with E-state index in [1.54, 1.807) is 48.5 Å². The van der Waals surface area contributed by atoms with Crippen LogP contribution >= 0.6 is 0 Å². The van der Waals surface area contributed by atoms with Gasteiger partial charge < -0.3 is 10.6 Å². The highest BCUT2D eigenvalue weighted by Gasteiger charge is 2.07. The molecule has 0 bridgehead atoms. The van der Waals surface area contributed by atoms with Gasteiger partial charge in [0.25, 0.3) is 5.91 Å². The lowest BCUT2D eigenvalue weighted by Crippen LogP contribution is -2.13. The molecule has 2 rings (SSSR count). The highest BCUT2D eigenvalue weighted by Crippen LogP contribution is 2.14. The highest BCUT2D eigenvalue weighted by atomic mass is 16.2. The first kappa shape index (κ1) is 14.3. The first-order chi connectivity index (χ1) is 10.1. The van der Waals surface area contributed by atoms with Gasteiger partial charge >= 0.3 is 0 Å². The van der Waals surface area contributed by atoms with Crippen molar-refractivity contribution in [2.24, 2.45) is 0 Å². The zero-order chi connectivity index (χ0) is 15.2. The Bertz CT molecular complexity index is 715. The second-order valence-corrected chi connectivity index (χ2v) is 4.41. The molecule has 0 fully saturated rings. The number of benzene rings is 2. The van der Waals surface area contributed by atoms with Crippen molar-refractivity contribution in [3.63, 3.8) is 0 Å². The molecule has 2 amide bonds. The predicted molar refractivity (Wildman–Crippen MR) is 79.9 cm³/mol. The zero-order valence-electron chi connectivity index (χ0n) is 11.4. The summed E-state index contributed by atoms with van der Waals surface area (Å²) in [4.78, 5) is 23.1. The molecule has 0 unspecified atom stereocenters. The average molecular weight is 279 g/mol. The molecule has 104 valence electrons. The minimum absolute atomic E-state index is 0.195. The second-order valence-electron chi connectivity index (χ2n) is 4.41.